The van der Waals surface area contributed by atoms with Crippen molar-refractivity contribution in [1.82, 2.24) is 57.4 Å². The highest BCUT2D eigenvalue weighted by atomic mass is 16.3. The highest BCUT2D eigenvalue weighted by molar-refractivity contribution is 5.99. The molecule has 0 radical (unpaired) electrons. The minimum Gasteiger partial charge on any atom is -0.508 e. The molecule has 8 atom stereocenters. The van der Waals surface area contributed by atoms with Gasteiger partial charge in [-0.3, -0.25) is 52.7 Å². The predicted octanol–water partition coefficient (Wildman–Crippen LogP) is -3.72. The molecule has 0 saturated carbocycles. The minimum atomic E-state index is -1.76. The Bertz CT molecular complexity index is 2220. The number of nitrogens with one attached hydrogen (secondary N) is 9. The number of aromatic nitrogens is 2. The number of nitrogens with zero attached hydrogens (tertiary/aromatic N) is 2. The quantitative estimate of drug-likeness (QED) is 0.0771. The third-order valence-corrected chi connectivity index (χ3v) is 11.8. The molecule has 2 saturated heterocycles. The molecule has 25 heteroatoms. The van der Waals surface area contributed by atoms with Crippen LogP contribution in [0.2, 0.25) is 0 Å². The molecule has 1 unspecified atom stereocenters. The van der Waals surface area contributed by atoms with Gasteiger partial charge in [0.1, 0.15) is 48.0 Å². The third kappa shape index (κ3) is 16.9. The topological polar surface area (TPSA) is 388 Å². The second-order valence-corrected chi connectivity index (χ2v) is 17.9. The first-order valence-electron chi connectivity index (χ1n) is 23.1. The summed E-state index contributed by atoms with van der Waals surface area (Å²) in [6.07, 6.45) is 1.60. The first-order valence-corrected chi connectivity index (χ1v) is 23.1. The summed E-state index contributed by atoms with van der Waals surface area (Å²) in [5.41, 5.74) is 11.6. The van der Waals surface area contributed by atoms with Gasteiger partial charge < -0.3 is 69.0 Å². The van der Waals surface area contributed by atoms with Crippen molar-refractivity contribution in [3.8, 4) is 5.75 Å². The molecular weight excluding hydrogens is 915 g/mol. The number of nitrogens with two attached hydrogens (primary N) is 2. The van der Waals surface area contributed by atoms with E-state index in [-0.39, 0.29) is 43.9 Å². The summed E-state index contributed by atoms with van der Waals surface area (Å²) in [4.78, 5) is 157. The smallest absolute Gasteiger partial charge is 0.245 e. The number of phenolic OH excluding ortho intramolecular Hbond substituents is 1. The van der Waals surface area contributed by atoms with E-state index < -0.39 is 146 Å². The van der Waals surface area contributed by atoms with Gasteiger partial charge in [-0.15, -0.1) is 0 Å². The first-order chi connectivity index (χ1) is 33.1. The molecule has 1 aromatic carbocycles. The molecule has 382 valence electrons. The SMILES string of the molecule is CC[C@H](C)[C@@H]1NC(=O)[C@H](Cc2ccc(O)cc2)NC(=O)CNC(=O)CC[C@@H](C(=O)N2CCCC2C(=O)N[C@@H](CC(C)C)C(=O)NCC(N)=O)NC(=O)[C@H](CC(N)=O)NC(=O)[C@H](Cc2cnc[nH]2)NC1=O. The van der Waals surface area contributed by atoms with Crippen molar-refractivity contribution in [3.63, 3.8) is 0 Å². The number of carbonyl (C=O) groups is 11. The number of amides is 11. The second kappa shape index (κ2) is 26.2. The summed E-state index contributed by atoms with van der Waals surface area (Å²) in [5, 5.41) is 30.2. The highest BCUT2D eigenvalue weighted by Gasteiger charge is 2.41. The zero-order chi connectivity index (χ0) is 51.7. The van der Waals surface area contributed by atoms with Crippen LogP contribution < -0.4 is 54.0 Å². The maximum Gasteiger partial charge on any atom is 0.245 e. The fraction of sp³-hybridized carbons (Fsp3) is 0.556. The summed E-state index contributed by atoms with van der Waals surface area (Å²) in [5.74, 6) is -10.1. The van der Waals surface area contributed by atoms with Crippen LogP contribution in [0, 0.1) is 11.8 Å². The number of imidazole rings is 1. The van der Waals surface area contributed by atoms with Crippen molar-refractivity contribution in [2.24, 2.45) is 23.3 Å². The van der Waals surface area contributed by atoms with Crippen LogP contribution in [-0.2, 0) is 65.6 Å². The van der Waals surface area contributed by atoms with Crippen molar-refractivity contribution in [1.29, 1.82) is 0 Å². The molecule has 4 rings (SSSR count). The molecule has 25 nitrogen and oxygen atoms in total. The van der Waals surface area contributed by atoms with Gasteiger partial charge in [0.15, 0.2) is 0 Å². The van der Waals surface area contributed by atoms with Crippen LogP contribution in [0.1, 0.15) is 83.9 Å². The summed E-state index contributed by atoms with van der Waals surface area (Å²) >= 11 is 0. The zero-order valence-electron chi connectivity index (χ0n) is 39.6. The largest absolute Gasteiger partial charge is 0.508 e. The normalized spacial score (nSPS) is 23.0. The van der Waals surface area contributed by atoms with Crippen LogP contribution in [-0.4, -0.2) is 147 Å². The lowest BCUT2D eigenvalue weighted by molar-refractivity contribution is -0.143. The van der Waals surface area contributed by atoms with Crippen LogP contribution in [0.25, 0.3) is 0 Å². The van der Waals surface area contributed by atoms with E-state index in [1.807, 2.05) is 0 Å². The van der Waals surface area contributed by atoms with E-state index in [1.54, 1.807) is 27.7 Å². The lowest BCUT2D eigenvalue weighted by Gasteiger charge is -2.31. The van der Waals surface area contributed by atoms with E-state index in [1.165, 1.54) is 41.7 Å². The number of phenols is 1. The number of hydrogen-bond acceptors (Lipinski definition) is 13. The number of H-pyrrole nitrogens is 1. The fourth-order valence-electron chi connectivity index (χ4n) is 7.89. The maximum absolute atomic E-state index is 14.5. The van der Waals surface area contributed by atoms with Crippen LogP contribution >= 0.6 is 0 Å². The molecule has 11 amide bonds. The molecule has 2 aromatic rings. The number of benzene rings is 1. The van der Waals surface area contributed by atoms with E-state index in [0.29, 0.717) is 24.1 Å². The van der Waals surface area contributed by atoms with Gasteiger partial charge in [-0.25, -0.2) is 4.98 Å². The van der Waals surface area contributed by atoms with Crippen LogP contribution in [0.15, 0.2) is 36.8 Å². The molecule has 14 N–H and O–H groups in total. The number of carbonyl (C=O) groups excluding carboxylic acids is 11. The van der Waals surface area contributed by atoms with Gasteiger partial charge in [0.2, 0.25) is 65.0 Å². The lowest BCUT2D eigenvalue weighted by Crippen LogP contribution is -2.61. The number of aromatic amines is 1. The van der Waals surface area contributed by atoms with Gasteiger partial charge in [-0.2, -0.15) is 0 Å². The molecule has 3 heterocycles. The van der Waals surface area contributed by atoms with E-state index in [2.05, 4.69) is 52.5 Å². The molecule has 2 fully saturated rings. The third-order valence-electron chi connectivity index (χ3n) is 11.8. The van der Waals surface area contributed by atoms with Gasteiger partial charge in [-0.05, 0) is 55.2 Å². The molecule has 0 bridgehead atoms. The van der Waals surface area contributed by atoms with Crippen LogP contribution in [0.5, 0.6) is 5.75 Å². The molecule has 70 heavy (non-hydrogen) atoms. The van der Waals surface area contributed by atoms with Crippen molar-refractivity contribution in [3.05, 3.63) is 48.0 Å². The van der Waals surface area contributed by atoms with Gasteiger partial charge in [0, 0.05) is 37.7 Å². The summed E-state index contributed by atoms with van der Waals surface area (Å²) < 4.78 is 0. The lowest BCUT2D eigenvalue weighted by atomic mass is 9.96. The highest BCUT2D eigenvalue weighted by Crippen LogP contribution is 2.21. The Morgan fingerprint density at radius 2 is 1.47 bits per heavy atom. The van der Waals surface area contributed by atoms with Gasteiger partial charge in [0.05, 0.1) is 25.8 Å². The van der Waals surface area contributed by atoms with Gasteiger partial charge in [0.25, 0.3) is 0 Å². The number of hydrogen-bond donors (Lipinski definition) is 12. The standard InChI is InChI=1S/C45H65N13O12/c1-5-24(4)38-44(69)56-31(17-26-19-48-22-51-26)40(65)54-32(18-34(46)60)41(66)53-28(12-13-36(62)49-21-37(63)52-30(42(67)57-38)16-25-8-10-27(59)11-9-25)45(70)58-14-6-7-33(58)43(68)55-29(15-23(2)3)39(64)50-20-35(47)61/h8-11,19,22-24,28-33,38,59H,5-7,12-18,20-21H2,1-4H3,(H2,46,60)(H2,47,61)(H,48,51)(H,49,62)(H,50,64)(H,52,63)(H,53,66)(H,54,65)(H,55,68)(H,56,69)(H,57,67)/t24-,28-,29-,30-,31-,32-,33?,38-/m0/s1. The summed E-state index contributed by atoms with van der Waals surface area (Å²) in [6, 6.07) is -3.93. The van der Waals surface area contributed by atoms with E-state index >= 15 is 0 Å². The average molecular weight is 980 g/mol. The Morgan fingerprint density at radius 1 is 0.814 bits per heavy atom. The molecule has 1 aromatic heterocycles. The molecule has 0 spiro atoms. The van der Waals surface area contributed by atoms with Crippen LogP contribution in [0.4, 0.5) is 0 Å². The zero-order valence-corrected chi connectivity index (χ0v) is 39.6. The Morgan fingerprint density at radius 3 is 2.10 bits per heavy atom. The van der Waals surface area contributed by atoms with E-state index in [0.717, 1.165) is 0 Å². The molecule has 2 aliphatic heterocycles. The minimum absolute atomic E-state index is 0.00529. The maximum atomic E-state index is 14.5. The number of primary amides is 2. The summed E-state index contributed by atoms with van der Waals surface area (Å²) in [6.45, 7) is 5.92. The van der Waals surface area contributed by atoms with E-state index in [4.69, 9.17) is 11.5 Å². The van der Waals surface area contributed by atoms with Gasteiger partial charge in [-0.1, -0.05) is 46.2 Å². The predicted molar refractivity (Wildman–Crippen MR) is 248 cm³/mol. The van der Waals surface area contributed by atoms with Crippen molar-refractivity contribution >= 4 is 65.0 Å². The van der Waals surface area contributed by atoms with Crippen molar-refractivity contribution < 1.29 is 57.8 Å². The van der Waals surface area contributed by atoms with E-state index in [9.17, 15) is 57.8 Å². The van der Waals surface area contributed by atoms with Crippen LogP contribution in [0.3, 0.4) is 0 Å². The Kier molecular flexibility index (Phi) is 20.6. The summed E-state index contributed by atoms with van der Waals surface area (Å²) in [7, 11) is 0. The molecular formula is C45H65N13O12. The first kappa shape index (κ1) is 55.0. The average Bonchev–Trinajstić information content (AvgIpc) is 4.02. The fourth-order valence-corrected chi connectivity index (χ4v) is 7.89. The van der Waals surface area contributed by atoms with Crippen molar-refractivity contribution in [2.75, 3.05) is 19.6 Å². The Labute approximate surface area is 403 Å². The number of likely N-dealkylation sites (tertiary alicyclic amines) is 1. The van der Waals surface area contributed by atoms with Crippen molar-refractivity contribution in [2.45, 2.75) is 128 Å². The Balaban J connectivity index is 1.71. The van der Waals surface area contributed by atoms with Gasteiger partial charge >= 0.3 is 0 Å². The monoisotopic (exact) mass is 979 g/mol. The molecule has 2 aliphatic rings. The second-order valence-electron chi connectivity index (χ2n) is 17.9. The Hall–Kier alpha value is -7.60. The number of rotatable bonds is 16. The number of aromatic hydroxyl groups is 1. The molecule has 0 aliphatic carbocycles.